The van der Waals surface area contributed by atoms with Crippen LogP contribution in [-0.2, 0) is 0 Å². The third kappa shape index (κ3) is 6.65. The second-order valence-electron chi connectivity index (χ2n) is 5.79. The molecule has 0 radical (unpaired) electrons. The average molecular weight is 486 g/mol. The maximum absolute atomic E-state index is 10.4. The summed E-state index contributed by atoms with van der Waals surface area (Å²) in [7, 11) is 0. The van der Waals surface area contributed by atoms with Crippen molar-refractivity contribution in [3.8, 4) is 0 Å². The number of hydrogen-bond acceptors (Lipinski definition) is 1. The Labute approximate surface area is 175 Å². The van der Waals surface area contributed by atoms with Gasteiger partial charge >= 0.3 is 176 Å². The van der Waals surface area contributed by atoms with E-state index < -0.39 is 0 Å². The molecule has 27 heavy (non-hydrogen) atoms. The number of aryl methyl sites for hydroxylation is 1. The molecule has 0 aromatic heterocycles. The van der Waals surface area contributed by atoms with E-state index in [4.69, 9.17) is 0 Å². The summed E-state index contributed by atoms with van der Waals surface area (Å²) in [6.45, 7) is 2.15. The van der Waals surface area contributed by atoms with Gasteiger partial charge in [0.1, 0.15) is 0 Å². The molecule has 0 spiro atoms. The summed E-state index contributed by atoms with van der Waals surface area (Å²) in [5.41, 5.74) is 4.80. The zero-order chi connectivity index (χ0) is 19.5. The molecular weight excluding hydrogens is 462 g/mol. The van der Waals surface area contributed by atoms with Crippen molar-refractivity contribution in [2.45, 2.75) is 18.6 Å². The Balaban J connectivity index is 0.000000223. The third-order valence-electron chi connectivity index (χ3n) is 4.04. The first-order valence-electron chi connectivity index (χ1n) is 8.64. The van der Waals surface area contributed by atoms with E-state index in [1.165, 1.54) is 25.6 Å². The van der Waals surface area contributed by atoms with Crippen LogP contribution in [0.25, 0.3) is 12.2 Å². The van der Waals surface area contributed by atoms with E-state index >= 15 is 0 Å². The molecule has 0 amide bonds. The van der Waals surface area contributed by atoms with Crippen LogP contribution in [0.4, 0.5) is 0 Å². The second-order valence-corrected chi connectivity index (χ2v) is 9.35. The Bertz CT molecular complexity index is 900. The summed E-state index contributed by atoms with van der Waals surface area (Å²) in [5.74, 6) is 4.36. The fourth-order valence-electron chi connectivity index (χ4n) is 2.52. The standard InChI is InChI=1S/C16H16Se.C8H8OSe/c1-13-7-3-4-8-14(13)11-12-15-9-5-6-10-16(15)17-2;1-10-8-5-3-2-4-7(8)6-9/h3-12H,1-2H3;2-6H,1H3/b12-11+;. The topological polar surface area (TPSA) is 17.1 Å². The van der Waals surface area contributed by atoms with Crippen molar-refractivity contribution in [1.82, 2.24) is 0 Å². The molecule has 0 aliphatic rings. The number of carbonyl (C=O) groups excluding carboxylic acids is 1. The Kier molecular flexibility index (Phi) is 9.31. The van der Waals surface area contributed by atoms with Crippen LogP contribution in [0.1, 0.15) is 27.0 Å². The summed E-state index contributed by atoms with van der Waals surface area (Å²) in [6, 6.07) is 24.8. The number of carbonyl (C=O) groups is 1. The molecule has 138 valence electrons. The van der Waals surface area contributed by atoms with Gasteiger partial charge in [-0.2, -0.15) is 0 Å². The first-order valence-corrected chi connectivity index (χ1v) is 13.8. The molecule has 0 heterocycles. The fraction of sp³-hybridized carbons (Fsp3) is 0.125. The quantitative estimate of drug-likeness (QED) is 0.297. The van der Waals surface area contributed by atoms with Crippen molar-refractivity contribution in [2.24, 2.45) is 0 Å². The van der Waals surface area contributed by atoms with Crippen LogP contribution in [0.3, 0.4) is 0 Å². The van der Waals surface area contributed by atoms with Gasteiger partial charge in [0.2, 0.25) is 0 Å². The molecule has 0 bridgehead atoms. The normalized spacial score (nSPS) is 10.3. The van der Waals surface area contributed by atoms with Gasteiger partial charge in [-0.15, -0.1) is 0 Å². The van der Waals surface area contributed by atoms with Crippen LogP contribution in [0.5, 0.6) is 0 Å². The second kappa shape index (κ2) is 11.7. The minimum atomic E-state index is 0.428. The average Bonchev–Trinajstić information content (AvgIpc) is 2.73. The number of hydrogen-bond donors (Lipinski definition) is 0. The molecule has 0 N–H and O–H groups in total. The molecule has 0 unspecified atom stereocenters. The summed E-state index contributed by atoms with van der Waals surface area (Å²) in [4.78, 5) is 10.4. The molecule has 3 heteroatoms. The summed E-state index contributed by atoms with van der Waals surface area (Å²) < 4.78 is 2.65. The van der Waals surface area contributed by atoms with Crippen molar-refractivity contribution >= 4 is 57.3 Å². The molecule has 0 aliphatic carbocycles. The van der Waals surface area contributed by atoms with E-state index in [1.54, 1.807) is 0 Å². The zero-order valence-corrected chi connectivity index (χ0v) is 19.3. The van der Waals surface area contributed by atoms with Gasteiger partial charge in [0.25, 0.3) is 0 Å². The van der Waals surface area contributed by atoms with Gasteiger partial charge in [-0.1, -0.05) is 0 Å². The summed E-state index contributed by atoms with van der Waals surface area (Å²) in [5, 5.41) is 0. The molecule has 0 fully saturated rings. The van der Waals surface area contributed by atoms with Gasteiger partial charge in [0.05, 0.1) is 0 Å². The van der Waals surface area contributed by atoms with Crippen molar-refractivity contribution in [1.29, 1.82) is 0 Å². The van der Waals surface area contributed by atoms with Crippen molar-refractivity contribution < 1.29 is 4.79 Å². The zero-order valence-electron chi connectivity index (χ0n) is 15.9. The van der Waals surface area contributed by atoms with E-state index in [2.05, 4.69) is 79.3 Å². The molecule has 3 aromatic carbocycles. The molecule has 0 atom stereocenters. The molecule has 1 nitrogen and oxygen atoms in total. The minimum absolute atomic E-state index is 0.428. The molecule has 0 aliphatic heterocycles. The Morgan fingerprint density at radius 2 is 1.07 bits per heavy atom. The van der Waals surface area contributed by atoms with Crippen LogP contribution in [0.15, 0.2) is 72.8 Å². The summed E-state index contributed by atoms with van der Waals surface area (Å²) >= 11 is 0.976. The van der Waals surface area contributed by atoms with Crippen LogP contribution < -0.4 is 8.92 Å². The van der Waals surface area contributed by atoms with E-state index in [0.29, 0.717) is 29.9 Å². The van der Waals surface area contributed by atoms with Crippen LogP contribution in [0, 0.1) is 6.92 Å². The molecule has 0 saturated carbocycles. The molecule has 3 aromatic rings. The van der Waals surface area contributed by atoms with Crippen LogP contribution in [-0.4, -0.2) is 36.2 Å². The molecule has 0 saturated heterocycles. The summed E-state index contributed by atoms with van der Waals surface area (Å²) in [6.07, 6.45) is 5.35. The van der Waals surface area contributed by atoms with Gasteiger partial charge < -0.3 is 0 Å². The van der Waals surface area contributed by atoms with Gasteiger partial charge in [-0.25, -0.2) is 0 Å². The van der Waals surface area contributed by atoms with E-state index in [9.17, 15) is 4.79 Å². The van der Waals surface area contributed by atoms with E-state index in [-0.39, 0.29) is 0 Å². The van der Waals surface area contributed by atoms with Crippen LogP contribution >= 0.6 is 0 Å². The van der Waals surface area contributed by atoms with Gasteiger partial charge in [-0.3, -0.25) is 0 Å². The molecular formula is C24H24OSe2. The fourth-order valence-corrected chi connectivity index (χ4v) is 4.94. The number of rotatable bonds is 5. The Hall–Kier alpha value is -1.89. The number of aldehydes is 1. The van der Waals surface area contributed by atoms with E-state index in [0.717, 1.165) is 11.8 Å². The van der Waals surface area contributed by atoms with Crippen molar-refractivity contribution in [3.63, 3.8) is 0 Å². The Morgan fingerprint density at radius 1 is 0.630 bits per heavy atom. The van der Waals surface area contributed by atoms with Crippen molar-refractivity contribution in [2.75, 3.05) is 0 Å². The SMILES string of the molecule is C[Se]c1ccccc1/C=C/c1ccccc1C.C[Se]c1ccccc1C=O. The third-order valence-corrected chi connectivity index (χ3v) is 7.44. The predicted octanol–water partition coefficient (Wildman–Crippen LogP) is 4.42. The number of benzene rings is 3. The van der Waals surface area contributed by atoms with Crippen molar-refractivity contribution in [3.05, 3.63) is 95.1 Å². The monoisotopic (exact) mass is 488 g/mol. The van der Waals surface area contributed by atoms with E-state index in [1.807, 2.05) is 24.3 Å². The Morgan fingerprint density at radius 3 is 1.59 bits per heavy atom. The van der Waals surface area contributed by atoms with Gasteiger partial charge in [-0.05, 0) is 0 Å². The van der Waals surface area contributed by atoms with Gasteiger partial charge in [0, 0.05) is 0 Å². The van der Waals surface area contributed by atoms with Gasteiger partial charge in [0.15, 0.2) is 0 Å². The molecule has 3 rings (SSSR count). The predicted molar refractivity (Wildman–Crippen MR) is 121 cm³/mol. The van der Waals surface area contributed by atoms with Crippen LogP contribution in [0.2, 0.25) is 11.6 Å². The first-order chi connectivity index (χ1) is 13.2. The first kappa shape index (κ1) is 21.4. The maximum atomic E-state index is 10.4.